The quantitative estimate of drug-likeness (QED) is 0.0351. The highest BCUT2D eigenvalue weighted by Gasteiger charge is 2.27. The fraction of sp³-hybridized carbons (Fsp3) is 0.158. The molecule has 0 aliphatic carbocycles. The van der Waals surface area contributed by atoms with Gasteiger partial charge in [-0.3, -0.25) is 58.3 Å². The summed E-state index contributed by atoms with van der Waals surface area (Å²) < 4.78 is 45.9. The maximum Gasteiger partial charge on any atom is 0.258 e. The van der Waals surface area contributed by atoms with E-state index in [1.807, 2.05) is 81.9 Å². The second-order valence-electron chi connectivity index (χ2n) is 29.9. The van der Waals surface area contributed by atoms with Gasteiger partial charge in [0.05, 0.1) is 97.9 Å². The van der Waals surface area contributed by atoms with Gasteiger partial charge in [0.2, 0.25) is 0 Å². The lowest BCUT2D eigenvalue weighted by atomic mass is 10.1. The fourth-order valence-electron chi connectivity index (χ4n) is 13.6. The molecular formula is C95H83Br2Cl2F3N20O8. The molecule has 35 heteroatoms. The molecule has 0 radical (unpaired) electrons. The number of benzene rings is 8. The van der Waals surface area contributed by atoms with E-state index in [4.69, 9.17) is 23.2 Å². The lowest BCUT2D eigenvalue weighted by Gasteiger charge is -2.15. The van der Waals surface area contributed by atoms with Gasteiger partial charge in [-0.25, -0.2) is 33.1 Å². The number of rotatable bonds is 20. The average molecular weight is 1920 g/mol. The van der Waals surface area contributed by atoms with Gasteiger partial charge in [0.15, 0.2) is 0 Å². The Morgan fingerprint density at radius 2 is 0.585 bits per heavy atom. The van der Waals surface area contributed by atoms with Crippen molar-refractivity contribution in [2.24, 2.45) is 20.0 Å². The normalized spacial score (nSPS) is 13.0. The van der Waals surface area contributed by atoms with Gasteiger partial charge < -0.3 is 62.1 Å². The Balaban J connectivity index is 0.000000148. The number of carbonyl (C=O) groups excluding carboxylic acids is 8. The average Bonchev–Trinajstić information content (AvgIpc) is 1.22. The van der Waals surface area contributed by atoms with Crippen LogP contribution in [0.1, 0.15) is 122 Å². The van der Waals surface area contributed by atoms with E-state index in [9.17, 15) is 51.5 Å². The van der Waals surface area contributed by atoms with Crippen LogP contribution in [-0.2, 0) is 0 Å². The van der Waals surface area contributed by atoms with E-state index in [1.165, 1.54) is 48.8 Å². The molecule has 0 fully saturated rings. The van der Waals surface area contributed by atoms with Gasteiger partial charge in [0.1, 0.15) is 64.1 Å². The fourth-order valence-corrected chi connectivity index (χ4v) is 14.3. The topological polar surface area (TPSA) is 347 Å². The van der Waals surface area contributed by atoms with Crippen LogP contribution in [0.4, 0.5) is 59.2 Å². The van der Waals surface area contributed by atoms with Crippen LogP contribution < -0.4 is 42.5 Å². The molecule has 28 nitrogen and oxygen atoms in total. The summed E-state index contributed by atoms with van der Waals surface area (Å²) in [5.41, 5.74) is 7.67. The Morgan fingerprint density at radius 3 is 0.885 bits per heavy atom. The number of hydrogen-bond acceptors (Lipinski definition) is 20. The second kappa shape index (κ2) is 42.8. The van der Waals surface area contributed by atoms with Crippen LogP contribution in [0.5, 0.6) is 0 Å². The molecule has 4 aromatic heterocycles. The Morgan fingerprint density at radius 1 is 0.300 bits per heavy atom. The molecule has 130 heavy (non-hydrogen) atoms. The Labute approximate surface area is 772 Å². The highest BCUT2D eigenvalue weighted by atomic mass is 79.9. The largest absolute Gasteiger partial charge is 0.358 e. The first-order chi connectivity index (χ1) is 62.4. The van der Waals surface area contributed by atoms with Crippen LogP contribution in [0, 0.1) is 38.2 Å². The van der Waals surface area contributed by atoms with Crippen molar-refractivity contribution in [2.75, 3.05) is 123 Å². The van der Waals surface area contributed by atoms with E-state index in [-0.39, 0.29) is 62.3 Å². The van der Waals surface area contributed by atoms with Crippen molar-refractivity contribution in [1.82, 2.24) is 39.5 Å². The number of amidine groups is 4. The van der Waals surface area contributed by atoms with E-state index < -0.39 is 52.9 Å². The molecule has 0 saturated carbocycles. The minimum atomic E-state index is -0.670. The molecule has 0 spiro atoms. The second-order valence-corrected chi connectivity index (χ2v) is 32.6. The van der Waals surface area contributed by atoms with Gasteiger partial charge in [-0.1, -0.05) is 101 Å². The number of para-hydroxylation sites is 1. The molecule has 0 bridgehead atoms. The Bertz CT molecular complexity index is 6280. The number of likely N-dealkylation sites (N-methyl/N-ethyl adjacent to an activating group) is 4. The number of amides is 8. The van der Waals surface area contributed by atoms with Crippen molar-refractivity contribution < 1.29 is 51.5 Å². The minimum Gasteiger partial charge on any atom is -0.358 e. The zero-order valence-corrected chi connectivity index (χ0v) is 75.6. The van der Waals surface area contributed by atoms with Crippen molar-refractivity contribution in [3.63, 3.8) is 0 Å². The summed E-state index contributed by atoms with van der Waals surface area (Å²) in [6.45, 7) is 11.5. The van der Waals surface area contributed by atoms with Crippen molar-refractivity contribution in [3.8, 4) is 0 Å². The molecule has 0 atom stereocenters. The highest BCUT2D eigenvalue weighted by molar-refractivity contribution is 9.10. The van der Waals surface area contributed by atoms with Crippen molar-refractivity contribution >= 4 is 172 Å². The summed E-state index contributed by atoms with van der Waals surface area (Å²) in [6.07, 6.45) is 5.99. The van der Waals surface area contributed by atoms with E-state index >= 15 is 0 Å². The summed E-state index contributed by atoms with van der Waals surface area (Å²) >= 11 is 18.3. The number of nitrogens with zero attached hydrogens (tertiary/aromatic N) is 12. The molecule has 8 heterocycles. The molecule has 4 aliphatic heterocycles. The van der Waals surface area contributed by atoms with E-state index in [2.05, 4.69) is 119 Å². The van der Waals surface area contributed by atoms with Gasteiger partial charge in [-0.05, 0) is 198 Å². The first-order valence-corrected chi connectivity index (χ1v) is 42.7. The zero-order chi connectivity index (χ0) is 92.4. The summed E-state index contributed by atoms with van der Waals surface area (Å²) in [7, 11) is 7.65. The summed E-state index contributed by atoms with van der Waals surface area (Å²) in [4.78, 5) is 144. The van der Waals surface area contributed by atoms with Gasteiger partial charge >= 0.3 is 0 Å². The molecular weight excluding hydrogens is 1840 g/mol. The molecule has 8 amide bonds. The van der Waals surface area contributed by atoms with Crippen molar-refractivity contribution in [2.45, 2.75) is 20.8 Å². The van der Waals surface area contributed by atoms with Crippen LogP contribution in [-0.4, -0.2) is 191 Å². The first-order valence-electron chi connectivity index (χ1n) is 40.4. The van der Waals surface area contributed by atoms with Crippen molar-refractivity contribution in [1.29, 1.82) is 0 Å². The van der Waals surface area contributed by atoms with Crippen LogP contribution in [0.3, 0.4) is 0 Å². The maximum atomic E-state index is 14.8. The number of aliphatic imine (C=N–C) groups is 4. The molecule has 0 unspecified atom stereocenters. The Hall–Kier alpha value is -14.7. The lowest BCUT2D eigenvalue weighted by molar-refractivity contribution is 0.100. The molecule has 12 aromatic rings. The number of nitrogens with one attached hydrogen (secondary N) is 8. The van der Waals surface area contributed by atoms with Crippen LogP contribution in [0.2, 0.25) is 10.0 Å². The molecule has 4 aliphatic rings. The first kappa shape index (κ1) is 93.0. The molecule has 0 saturated heterocycles. The summed E-state index contributed by atoms with van der Waals surface area (Å²) in [6, 6.07) is 55.4. The molecule has 660 valence electrons. The van der Waals surface area contributed by atoms with Gasteiger partial charge in [-0.2, -0.15) is 0 Å². The van der Waals surface area contributed by atoms with Gasteiger partial charge in [0, 0.05) is 116 Å². The zero-order valence-electron chi connectivity index (χ0n) is 70.9. The number of anilines is 8. The van der Waals surface area contributed by atoms with Crippen molar-refractivity contribution in [3.05, 3.63) is 351 Å². The SMILES string of the molecule is CN1CCN=C1c1ccc(C(=O)Nc2ccccc2C(=O)Nc2ccc(Br)cn2)c(F)c1.Cc1ccc(NC(=O)c2ccc(C3=NCCN3C)cc2)c(C(=O)Nc2ccc(Cl)cn2)c1.Cc1ccc(NC(=O)c2ccc(C3=NCCN3C)cc2F)c(C(=O)Nc2ccc(Br)cn2)c1.Cc1ccc(NC(=O)c2ccc(C3=NCCN3C)cc2F)c(C(=O)Nc2ccc(Cl)cn2)c1. The third-order valence-electron chi connectivity index (χ3n) is 20.4. The Kier molecular flexibility index (Phi) is 30.6. The smallest absolute Gasteiger partial charge is 0.258 e. The molecule has 16 rings (SSSR count). The van der Waals surface area contributed by atoms with E-state index in [0.29, 0.717) is 104 Å². The maximum absolute atomic E-state index is 14.8. The van der Waals surface area contributed by atoms with Gasteiger partial charge in [-0.15, -0.1) is 0 Å². The minimum absolute atomic E-state index is 0.124. The number of aromatic nitrogens is 4. The van der Waals surface area contributed by atoms with Gasteiger partial charge in [0.25, 0.3) is 47.3 Å². The van der Waals surface area contributed by atoms with E-state index in [0.717, 1.165) is 69.8 Å². The number of hydrogen-bond donors (Lipinski definition) is 8. The molecule has 8 aromatic carbocycles. The van der Waals surface area contributed by atoms with E-state index in [1.54, 1.807) is 164 Å². The third-order valence-corrected chi connectivity index (χ3v) is 21.7. The monoisotopic (exact) mass is 1920 g/mol. The number of halogens is 7. The lowest BCUT2D eigenvalue weighted by Crippen LogP contribution is -2.24. The highest BCUT2D eigenvalue weighted by Crippen LogP contribution is 2.29. The molecule has 8 N–H and O–H groups in total. The predicted octanol–water partition coefficient (Wildman–Crippen LogP) is 17.3. The van der Waals surface area contributed by atoms with Crippen LogP contribution in [0.25, 0.3) is 0 Å². The number of aryl methyl sites for hydroxylation is 3. The third kappa shape index (κ3) is 24.0. The van der Waals surface area contributed by atoms with Crippen LogP contribution in [0.15, 0.2) is 260 Å². The number of carbonyl (C=O) groups is 8. The summed E-state index contributed by atoms with van der Waals surface area (Å²) in [5.74, 6) is -1.61. The number of pyridine rings is 4. The van der Waals surface area contributed by atoms with Crippen LogP contribution >= 0.6 is 55.1 Å². The summed E-state index contributed by atoms with van der Waals surface area (Å²) in [5, 5.41) is 22.5. The predicted molar refractivity (Wildman–Crippen MR) is 508 cm³/mol. The standard InChI is InChI=1S/C24H21BrFN5O2.C24H21ClFN5O2.C24H22ClN5O2.C23H19BrFN5O2/c2*1-14-3-7-20(18(11-14)24(33)30-21-8-5-16(25)13-28-21)29-23(32)17-6-4-15(12-19(17)26)22-27-9-10-31(22)2;1-15-3-9-20(19(13-15)24(32)29-21-10-8-18(25)14-27-21)28-23(31)17-6-4-16(5-7-17)22-26-11-12-30(22)2;1-30-11-10-26-21(30)14-6-8-16(18(25)12-14)22(31)28-19-5-3-2-4-17(19)23(32)29-20-9-7-15(24)13-27-20/h2*3-8,11-13H,9-10H2,1-2H3,(H,29,32)(H,28,30,33);3-10,13-14H,11-12H2,1-2H3,(H,28,31)(H,27,29,32);2-9,12-13H,10-11H2,1H3,(H,28,31)(H,27,29,32).